The highest BCUT2D eigenvalue weighted by molar-refractivity contribution is 7.89. The van der Waals surface area contributed by atoms with Crippen LogP contribution in [0, 0.1) is 0 Å². The first kappa shape index (κ1) is 24.7. The third kappa shape index (κ3) is 4.84. The van der Waals surface area contributed by atoms with Crippen molar-refractivity contribution in [3.63, 3.8) is 0 Å². The quantitative estimate of drug-likeness (QED) is 0.289. The zero-order chi connectivity index (χ0) is 25.3. The Labute approximate surface area is 216 Å². The van der Waals surface area contributed by atoms with Crippen LogP contribution < -0.4 is 4.74 Å². The molecule has 1 aliphatic heterocycles. The van der Waals surface area contributed by atoms with Crippen LogP contribution >= 0.6 is 11.6 Å². The summed E-state index contributed by atoms with van der Waals surface area (Å²) in [5, 5.41) is 1.60. The van der Waals surface area contributed by atoms with Gasteiger partial charge in [-0.1, -0.05) is 49.7 Å². The van der Waals surface area contributed by atoms with Crippen LogP contribution in [0.15, 0.2) is 77.8 Å². The molecule has 0 saturated carbocycles. The van der Waals surface area contributed by atoms with E-state index >= 15 is 0 Å². The van der Waals surface area contributed by atoms with Gasteiger partial charge < -0.3 is 9.47 Å². The SMILES string of the molecule is CC(C)c1cnc2c(Cl)cccc2c1-c1cccc(Oc2ccc(S(=O)(=O)N3CCOCC3)cc2)c1. The van der Waals surface area contributed by atoms with E-state index in [1.807, 2.05) is 48.7 Å². The summed E-state index contributed by atoms with van der Waals surface area (Å²) in [6.07, 6.45) is 1.90. The number of ether oxygens (including phenoxy) is 2. The summed E-state index contributed by atoms with van der Waals surface area (Å²) in [6.45, 7) is 5.83. The van der Waals surface area contributed by atoms with E-state index in [0.717, 1.165) is 27.6 Å². The molecule has 0 radical (unpaired) electrons. The number of halogens is 1. The van der Waals surface area contributed by atoms with Crippen LogP contribution in [0.5, 0.6) is 11.5 Å². The molecule has 0 atom stereocenters. The third-order valence-electron chi connectivity index (χ3n) is 6.29. The molecule has 8 heteroatoms. The number of nitrogens with zero attached hydrogens (tertiary/aromatic N) is 2. The van der Waals surface area contributed by atoms with Gasteiger partial charge >= 0.3 is 0 Å². The number of sulfonamides is 1. The van der Waals surface area contributed by atoms with Gasteiger partial charge in [-0.05, 0) is 65.1 Å². The van der Waals surface area contributed by atoms with E-state index in [4.69, 9.17) is 21.1 Å². The molecular formula is C28H27ClN2O4S. The molecule has 0 amide bonds. The average Bonchev–Trinajstić information content (AvgIpc) is 2.89. The first-order valence-electron chi connectivity index (χ1n) is 11.9. The Morgan fingerprint density at radius 1 is 0.972 bits per heavy atom. The lowest BCUT2D eigenvalue weighted by Crippen LogP contribution is -2.40. The number of benzene rings is 3. The highest BCUT2D eigenvalue weighted by Gasteiger charge is 2.26. The maximum Gasteiger partial charge on any atom is 0.243 e. The van der Waals surface area contributed by atoms with Crippen molar-refractivity contribution in [3.05, 3.63) is 83.5 Å². The fourth-order valence-corrected chi connectivity index (χ4v) is 6.06. The molecule has 1 saturated heterocycles. The number of hydrogen-bond donors (Lipinski definition) is 0. The second-order valence-electron chi connectivity index (χ2n) is 9.00. The van der Waals surface area contributed by atoms with Gasteiger partial charge in [-0.2, -0.15) is 4.31 Å². The molecule has 5 rings (SSSR count). The lowest BCUT2D eigenvalue weighted by Gasteiger charge is -2.26. The van der Waals surface area contributed by atoms with Gasteiger partial charge in [-0.25, -0.2) is 8.42 Å². The number of morpholine rings is 1. The summed E-state index contributed by atoms with van der Waals surface area (Å²) < 4.78 is 38.6. The zero-order valence-corrected chi connectivity index (χ0v) is 21.7. The fourth-order valence-electron chi connectivity index (χ4n) is 4.43. The van der Waals surface area contributed by atoms with Gasteiger partial charge in [-0.3, -0.25) is 4.98 Å². The highest BCUT2D eigenvalue weighted by Crippen LogP contribution is 2.38. The first-order chi connectivity index (χ1) is 17.3. The predicted molar refractivity (Wildman–Crippen MR) is 142 cm³/mol. The molecule has 36 heavy (non-hydrogen) atoms. The second-order valence-corrected chi connectivity index (χ2v) is 11.3. The maximum atomic E-state index is 12.9. The van der Waals surface area contributed by atoms with Crippen molar-refractivity contribution < 1.29 is 17.9 Å². The van der Waals surface area contributed by atoms with Gasteiger partial charge in [0.1, 0.15) is 11.5 Å². The fraction of sp³-hybridized carbons (Fsp3) is 0.250. The normalized spacial score (nSPS) is 14.9. The van der Waals surface area contributed by atoms with Crippen LogP contribution in [-0.2, 0) is 14.8 Å². The Morgan fingerprint density at radius 2 is 1.69 bits per heavy atom. The van der Waals surface area contributed by atoms with E-state index in [9.17, 15) is 8.42 Å². The molecule has 4 aromatic rings. The van der Waals surface area contributed by atoms with Crippen molar-refractivity contribution in [1.29, 1.82) is 0 Å². The predicted octanol–water partition coefficient (Wildman–Crippen LogP) is 6.49. The molecule has 2 heterocycles. The van der Waals surface area contributed by atoms with Crippen molar-refractivity contribution >= 4 is 32.5 Å². The molecular weight excluding hydrogens is 496 g/mol. The number of hydrogen-bond acceptors (Lipinski definition) is 5. The molecule has 0 N–H and O–H groups in total. The van der Waals surface area contributed by atoms with E-state index < -0.39 is 10.0 Å². The smallest absolute Gasteiger partial charge is 0.243 e. The van der Waals surface area contributed by atoms with Gasteiger partial charge in [0.15, 0.2) is 0 Å². The van der Waals surface area contributed by atoms with Crippen molar-refractivity contribution in [2.75, 3.05) is 26.3 Å². The topological polar surface area (TPSA) is 68.7 Å². The maximum absolute atomic E-state index is 12.9. The molecule has 1 aliphatic rings. The molecule has 6 nitrogen and oxygen atoms in total. The van der Waals surface area contributed by atoms with Crippen molar-refractivity contribution in [2.45, 2.75) is 24.7 Å². The standard InChI is InChI=1S/C28H27ClN2O4S/c1-19(2)25-18-30-28-24(7-4-8-26(28)29)27(25)20-5-3-6-22(17-20)35-21-9-11-23(12-10-21)36(32,33)31-13-15-34-16-14-31/h3-12,17-19H,13-16H2,1-2H3. The van der Waals surface area contributed by atoms with Crippen molar-refractivity contribution in [1.82, 2.24) is 9.29 Å². The van der Waals surface area contributed by atoms with Crippen LogP contribution in [0.25, 0.3) is 22.0 Å². The lowest BCUT2D eigenvalue weighted by atomic mass is 9.91. The van der Waals surface area contributed by atoms with Gasteiger partial charge in [0, 0.05) is 24.7 Å². The summed E-state index contributed by atoms with van der Waals surface area (Å²) in [5.41, 5.74) is 3.97. The van der Waals surface area contributed by atoms with Crippen molar-refractivity contribution in [2.24, 2.45) is 0 Å². The molecule has 0 aliphatic carbocycles. The summed E-state index contributed by atoms with van der Waals surface area (Å²) in [7, 11) is -3.55. The Morgan fingerprint density at radius 3 is 2.42 bits per heavy atom. The van der Waals surface area contributed by atoms with E-state index in [0.29, 0.717) is 42.8 Å². The van der Waals surface area contributed by atoms with Crippen LogP contribution in [0.3, 0.4) is 0 Å². The molecule has 0 bridgehead atoms. The summed E-state index contributed by atoms with van der Waals surface area (Å²) in [5.74, 6) is 1.47. The van der Waals surface area contributed by atoms with Gasteiger partial charge in [0.05, 0.1) is 28.6 Å². The third-order valence-corrected chi connectivity index (χ3v) is 8.51. The first-order valence-corrected chi connectivity index (χ1v) is 13.7. The van der Waals surface area contributed by atoms with Crippen LogP contribution in [-0.4, -0.2) is 44.0 Å². The van der Waals surface area contributed by atoms with E-state index in [1.165, 1.54) is 4.31 Å². The Hall–Kier alpha value is -2.97. The number of fused-ring (bicyclic) bond motifs is 1. The Bertz CT molecular complexity index is 1500. The molecule has 1 fully saturated rings. The summed E-state index contributed by atoms with van der Waals surface area (Å²) >= 11 is 6.44. The molecule has 3 aromatic carbocycles. The van der Waals surface area contributed by atoms with Crippen LogP contribution in [0.4, 0.5) is 0 Å². The number of pyridine rings is 1. The Balaban J connectivity index is 1.45. The van der Waals surface area contributed by atoms with Gasteiger partial charge in [0.25, 0.3) is 0 Å². The van der Waals surface area contributed by atoms with Gasteiger partial charge in [0.2, 0.25) is 10.0 Å². The van der Waals surface area contributed by atoms with Crippen molar-refractivity contribution in [3.8, 4) is 22.6 Å². The largest absolute Gasteiger partial charge is 0.457 e. The number of rotatable bonds is 6. The van der Waals surface area contributed by atoms with Crippen LogP contribution in [0.2, 0.25) is 5.02 Å². The van der Waals surface area contributed by atoms with E-state index in [2.05, 4.69) is 18.8 Å². The minimum absolute atomic E-state index is 0.243. The zero-order valence-electron chi connectivity index (χ0n) is 20.1. The monoisotopic (exact) mass is 522 g/mol. The summed E-state index contributed by atoms with van der Waals surface area (Å²) in [4.78, 5) is 4.86. The number of para-hydroxylation sites is 1. The lowest BCUT2D eigenvalue weighted by molar-refractivity contribution is 0.0730. The van der Waals surface area contributed by atoms with E-state index in [-0.39, 0.29) is 10.8 Å². The average molecular weight is 523 g/mol. The summed E-state index contributed by atoms with van der Waals surface area (Å²) in [6, 6.07) is 20.2. The second kappa shape index (κ2) is 10.2. The van der Waals surface area contributed by atoms with Gasteiger partial charge in [-0.15, -0.1) is 0 Å². The molecule has 186 valence electrons. The molecule has 0 unspecified atom stereocenters. The minimum Gasteiger partial charge on any atom is -0.457 e. The van der Waals surface area contributed by atoms with E-state index in [1.54, 1.807) is 24.3 Å². The minimum atomic E-state index is -3.55. The van der Waals surface area contributed by atoms with Crippen LogP contribution in [0.1, 0.15) is 25.3 Å². The Kier molecular flexibility index (Phi) is 6.99. The molecule has 1 aromatic heterocycles. The highest BCUT2D eigenvalue weighted by atomic mass is 35.5. The molecule has 0 spiro atoms. The number of aromatic nitrogens is 1.